The molecule has 0 spiro atoms. The van der Waals surface area contributed by atoms with E-state index >= 15 is 0 Å². The number of esters is 1. The average molecular weight is 240 g/mol. The standard InChI is InChI=1S/C16H16O2/c17-15-16(11-12-18-15,13-7-3-1-4-8-13)14-9-5-2-6-10-14/h1,3-5,7-9,11-12,14H,2,6,10H2/t14-,16+/m0/s1. The molecule has 0 saturated carbocycles. The summed E-state index contributed by atoms with van der Waals surface area (Å²) >= 11 is 0. The van der Waals surface area contributed by atoms with Crippen LogP contribution < -0.4 is 0 Å². The van der Waals surface area contributed by atoms with E-state index in [1.807, 2.05) is 36.4 Å². The second kappa shape index (κ2) is 4.45. The molecule has 0 amide bonds. The van der Waals surface area contributed by atoms with Gasteiger partial charge in [-0.3, -0.25) is 4.79 Å². The highest BCUT2D eigenvalue weighted by Crippen LogP contribution is 2.43. The quantitative estimate of drug-likeness (QED) is 0.585. The van der Waals surface area contributed by atoms with Crippen LogP contribution in [0, 0.1) is 5.92 Å². The molecule has 0 unspecified atom stereocenters. The van der Waals surface area contributed by atoms with Crippen molar-refractivity contribution in [2.24, 2.45) is 5.92 Å². The highest BCUT2D eigenvalue weighted by molar-refractivity contribution is 5.89. The smallest absolute Gasteiger partial charge is 0.325 e. The molecule has 0 bridgehead atoms. The first-order valence-corrected chi connectivity index (χ1v) is 6.45. The molecule has 2 nitrogen and oxygen atoms in total. The Morgan fingerprint density at radius 1 is 1.22 bits per heavy atom. The maximum Gasteiger partial charge on any atom is 0.325 e. The molecular weight excluding hydrogens is 224 g/mol. The van der Waals surface area contributed by atoms with E-state index in [-0.39, 0.29) is 11.9 Å². The molecule has 1 aliphatic heterocycles. The van der Waals surface area contributed by atoms with Gasteiger partial charge < -0.3 is 4.74 Å². The monoisotopic (exact) mass is 240 g/mol. The Kier molecular flexibility index (Phi) is 2.78. The van der Waals surface area contributed by atoms with E-state index in [0.29, 0.717) is 0 Å². The zero-order chi connectivity index (χ0) is 12.4. The molecule has 18 heavy (non-hydrogen) atoms. The lowest BCUT2D eigenvalue weighted by Gasteiger charge is -2.33. The van der Waals surface area contributed by atoms with Crippen molar-refractivity contribution in [2.45, 2.75) is 24.7 Å². The number of carbonyl (C=O) groups is 1. The highest BCUT2D eigenvalue weighted by Gasteiger charge is 2.48. The van der Waals surface area contributed by atoms with Gasteiger partial charge in [-0.25, -0.2) is 0 Å². The Hall–Kier alpha value is -1.83. The summed E-state index contributed by atoms with van der Waals surface area (Å²) in [7, 11) is 0. The summed E-state index contributed by atoms with van der Waals surface area (Å²) < 4.78 is 5.12. The van der Waals surface area contributed by atoms with Gasteiger partial charge in [0.1, 0.15) is 5.41 Å². The summed E-state index contributed by atoms with van der Waals surface area (Å²) in [4.78, 5) is 12.3. The van der Waals surface area contributed by atoms with Crippen LogP contribution in [0.25, 0.3) is 0 Å². The first-order valence-electron chi connectivity index (χ1n) is 6.45. The third-order valence-corrected chi connectivity index (χ3v) is 3.93. The number of benzene rings is 1. The number of cyclic esters (lactones) is 1. The lowest BCUT2D eigenvalue weighted by atomic mass is 9.67. The average Bonchev–Trinajstić information content (AvgIpc) is 2.84. The van der Waals surface area contributed by atoms with Gasteiger partial charge >= 0.3 is 5.97 Å². The van der Waals surface area contributed by atoms with Crippen molar-refractivity contribution in [3.8, 4) is 0 Å². The second-order valence-corrected chi connectivity index (χ2v) is 4.91. The Balaban J connectivity index is 2.10. The van der Waals surface area contributed by atoms with Crippen molar-refractivity contribution >= 4 is 5.97 Å². The molecule has 0 aromatic heterocycles. The number of rotatable bonds is 2. The molecule has 0 saturated heterocycles. The number of hydrogen-bond acceptors (Lipinski definition) is 2. The molecule has 0 radical (unpaired) electrons. The first kappa shape index (κ1) is 11.3. The molecule has 3 rings (SSSR count). The zero-order valence-electron chi connectivity index (χ0n) is 10.2. The third-order valence-electron chi connectivity index (χ3n) is 3.93. The third kappa shape index (κ3) is 1.60. The van der Waals surface area contributed by atoms with Crippen molar-refractivity contribution in [3.05, 3.63) is 60.4 Å². The molecular formula is C16H16O2. The maximum atomic E-state index is 12.3. The fourth-order valence-electron chi connectivity index (χ4n) is 2.98. The van der Waals surface area contributed by atoms with Crippen molar-refractivity contribution in [3.63, 3.8) is 0 Å². The number of allylic oxidation sites excluding steroid dienone is 2. The number of hydrogen-bond donors (Lipinski definition) is 0. The van der Waals surface area contributed by atoms with Crippen LogP contribution in [-0.2, 0) is 14.9 Å². The fraction of sp³-hybridized carbons (Fsp3) is 0.312. The van der Waals surface area contributed by atoms with E-state index < -0.39 is 5.41 Å². The molecule has 0 N–H and O–H groups in total. The summed E-state index contributed by atoms with van der Waals surface area (Å²) in [5, 5.41) is 0. The van der Waals surface area contributed by atoms with E-state index in [4.69, 9.17) is 4.74 Å². The van der Waals surface area contributed by atoms with Gasteiger partial charge in [0.2, 0.25) is 0 Å². The van der Waals surface area contributed by atoms with Crippen LogP contribution in [0.15, 0.2) is 54.8 Å². The van der Waals surface area contributed by atoms with E-state index in [1.54, 1.807) is 0 Å². The Morgan fingerprint density at radius 2 is 2.06 bits per heavy atom. The van der Waals surface area contributed by atoms with E-state index in [1.165, 1.54) is 6.26 Å². The predicted octanol–water partition coefficient (Wildman–Crippen LogP) is 3.35. The lowest BCUT2D eigenvalue weighted by Crippen LogP contribution is -2.39. The Bertz CT molecular complexity index is 501. The molecule has 1 aromatic carbocycles. The van der Waals surface area contributed by atoms with Crippen molar-refractivity contribution in [2.75, 3.05) is 0 Å². The molecule has 2 heteroatoms. The SMILES string of the molecule is O=C1OC=C[C@@]1(c1ccccc1)[C@H]1C=CCCC1. The molecule has 1 heterocycles. The predicted molar refractivity (Wildman–Crippen MR) is 69.8 cm³/mol. The van der Waals surface area contributed by atoms with Gasteiger partial charge in [-0.15, -0.1) is 0 Å². The molecule has 92 valence electrons. The van der Waals surface area contributed by atoms with Crippen molar-refractivity contribution < 1.29 is 9.53 Å². The maximum absolute atomic E-state index is 12.3. The molecule has 1 aliphatic carbocycles. The van der Waals surface area contributed by atoms with Crippen LogP contribution >= 0.6 is 0 Å². The summed E-state index contributed by atoms with van der Waals surface area (Å²) in [5.41, 5.74) is 0.415. The van der Waals surface area contributed by atoms with E-state index in [9.17, 15) is 4.79 Å². The number of ether oxygens (including phenoxy) is 1. The second-order valence-electron chi connectivity index (χ2n) is 4.91. The van der Waals surface area contributed by atoms with Gasteiger partial charge in [0.25, 0.3) is 0 Å². The first-order chi connectivity index (χ1) is 8.84. The minimum absolute atomic E-state index is 0.148. The Morgan fingerprint density at radius 3 is 2.67 bits per heavy atom. The van der Waals surface area contributed by atoms with Crippen LogP contribution in [0.1, 0.15) is 24.8 Å². The van der Waals surface area contributed by atoms with Crippen LogP contribution in [0.4, 0.5) is 0 Å². The summed E-state index contributed by atoms with van der Waals surface area (Å²) in [6.45, 7) is 0. The molecule has 2 aliphatic rings. The van der Waals surface area contributed by atoms with Gasteiger partial charge in [0.15, 0.2) is 0 Å². The van der Waals surface area contributed by atoms with Gasteiger partial charge in [-0.2, -0.15) is 0 Å². The minimum atomic E-state index is -0.613. The van der Waals surface area contributed by atoms with Crippen LogP contribution in [0.3, 0.4) is 0 Å². The highest BCUT2D eigenvalue weighted by atomic mass is 16.5. The van der Waals surface area contributed by atoms with Gasteiger partial charge in [0, 0.05) is 5.92 Å². The lowest BCUT2D eigenvalue weighted by molar-refractivity contribution is -0.141. The fourth-order valence-corrected chi connectivity index (χ4v) is 2.98. The largest absolute Gasteiger partial charge is 0.434 e. The van der Waals surface area contributed by atoms with Gasteiger partial charge in [-0.05, 0) is 30.9 Å². The van der Waals surface area contributed by atoms with Gasteiger partial charge in [-0.1, -0.05) is 42.5 Å². The zero-order valence-corrected chi connectivity index (χ0v) is 10.2. The molecule has 1 aromatic rings. The van der Waals surface area contributed by atoms with E-state index in [2.05, 4.69) is 12.2 Å². The normalized spacial score (nSPS) is 30.4. The van der Waals surface area contributed by atoms with Crippen molar-refractivity contribution in [1.82, 2.24) is 0 Å². The van der Waals surface area contributed by atoms with Gasteiger partial charge in [0.05, 0.1) is 6.26 Å². The summed E-state index contributed by atoms with van der Waals surface area (Å²) in [5.74, 6) is 0.0603. The van der Waals surface area contributed by atoms with Crippen molar-refractivity contribution in [1.29, 1.82) is 0 Å². The van der Waals surface area contributed by atoms with Crippen LogP contribution in [0.2, 0.25) is 0 Å². The van der Waals surface area contributed by atoms with E-state index in [0.717, 1.165) is 24.8 Å². The minimum Gasteiger partial charge on any atom is -0.434 e. The number of carbonyl (C=O) groups excluding carboxylic acids is 1. The van der Waals surface area contributed by atoms with Crippen LogP contribution in [0.5, 0.6) is 0 Å². The molecule has 0 fully saturated rings. The Labute approximate surface area is 107 Å². The van der Waals surface area contributed by atoms with Crippen LogP contribution in [-0.4, -0.2) is 5.97 Å². The molecule has 2 atom stereocenters. The summed E-state index contributed by atoms with van der Waals surface area (Å²) in [6.07, 6.45) is 11.1. The summed E-state index contributed by atoms with van der Waals surface area (Å²) in [6, 6.07) is 9.95. The topological polar surface area (TPSA) is 26.3 Å².